The van der Waals surface area contributed by atoms with Gasteiger partial charge in [-0.05, 0) is 36.1 Å². The molecule has 0 atom stereocenters. The predicted molar refractivity (Wildman–Crippen MR) is 87.5 cm³/mol. The van der Waals surface area contributed by atoms with Crippen molar-refractivity contribution in [3.8, 4) is 0 Å². The van der Waals surface area contributed by atoms with E-state index in [0.29, 0.717) is 0 Å². The van der Waals surface area contributed by atoms with Crippen molar-refractivity contribution in [3.05, 3.63) is 71.3 Å². The molecule has 0 aliphatic heterocycles. The van der Waals surface area contributed by atoms with Crippen LogP contribution in [0, 0.1) is 0 Å². The quantitative estimate of drug-likeness (QED) is 0.785. The number of amides is 1. The predicted octanol–water partition coefficient (Wildman–Crippen LogP) is 3.95. The van der Waals surface area contributed by atoms with Gasteiger partial charge >= 0.3 is 0 Å². The Morgan fingerprint density at radius 2 is 1.67 bits per heavy atom. The fourth-order valence-corrected chi connectivity index (χ4v) is 2.41. The molecule has 0 N–H and O–H groups in total. The van der Waals surface area contributed by atoms with Crippen molar-refractivity contribution < 1.29 is 4.79 Å². The molecule has 2 heteroatoms. The van der Waals surface area contributed by atoms with Gasteiger partial charge in [0.05, 0.1) is 0 Å². The minimum atomic E-state index is 0.101. The summed E-state index contributed by atoms with van der Waals surface area (Å²) in [6.07, 6.45) is 3.01. The van der Waals surface area contributed by atoms with E-state index in [4.69, 9.17) is 0 Å². The number of nitrogens with zero attached hydrogens (tertiary/aromatic N) is 1. The molecule has 0 radical (unpaired) electrons. The largest absolute Gasteiger partial charge is 0.341 e. The summed E-state index contributed by atoms with van der Waals surface area (Å²) in [5.41, 5.74) is 3.29. The first-order valence-electron chi connectivity index (χ1n) is 7.59. The molecule has 0 aliphatic carbocycles. The normalized spacial score (nSPS) is 10.4. The summed E-state index contributed by atoms with van der Waals surface area (Å²) >= 11 is 0. The minimum Gasteiger partial charge on any atom is -0.341 e. The van der Waals surface area contributed by atoms with E-state index in [1.807, 2.05) is 43.4 Å². The molecule has 21 heavy (non-hydrogen) atoms. The van der Waals surface area contributed by atoms with E-state index in [1.165, 1.54) is 11.1 Å². The lowest BCUT2D eigenvalue weighted by Gasteiger charge is -2.17. The fraction of sp³-hybridized carbons (Fsp3) is 0.316. The Morgan fingerprint density at radius 1 is 0.952 bits per heavy atom. The van der Waals surface area contributed by atoms with Crippen LogP contribution in [0.2, 0.25) is 0 Å². The van der Waals surface area contributed by atoms with E-state index in [-0.39, 0.29) is 5.91 Å². The first-order chi connectivity index (χ1) is 10.2. The van der Waals surface area contributed by atoms with Gasteiger partial charge in [0.1, 0.15) is 0 Å². The number of hydrogen-bond donors (Lipinski definition) is 0. The highest BCUT2D eigenvalue weighted by molar-refractivity contribution is 5.94. The Bertz CT molecular complexity index is 577. The van der Waals surface area contributed by atoms with E-state index in [1.54, 1.807) is 4.90 Å². The molecule has 2 aromatic rings. The van der Waals surface area contributed by atoms with Gasteiger partial charge in [-0.2, -0.15) is 0 Å². The van der Waals surface area contributed by atoms with Crippen LogP contribution < -0.4 is 0 Å². The van der Waals surface area contributed by atoms with Gasteiger partial charge < -0.3 is 4.90 Å². The van der Waals surface area contributed by atoms with Gasteiger partial charge in [0.25, 0.3) is 5.91 Å². The molecule has 1 amide bonds. The third-order valence-electron chi connectivity index (χ3n) is 3.64. The maximum atomic E-state index is 12.4. The molecule has 2 aromatic carbocycles. The summed E-state index contributed by atoms with van der Waals surface area (Å²) in [6.45, 7) is 2.89. The van der Waals surface area contributed by atoms with E-state index < -0.39 is 0 Å². The number of carbonyl (C=O) groups is 1. The average Bonchev–Trinajstić information content (AvgIpc) is 2.53. The van der Waals surface area contributed by atoms with E-state index in [0.717, 1.165) is 31.4 Å². The molecule has 0 aromatic heterocycles. The fourth-order valence-electron chi connectivity index (χ4n) is 2.41. The molecule has 110 valence electrons. The topological polar surface area (TPSA) is 20.3 Å². The Labute approximate surface area is 127 Å². The van der Waals surface area contributed by atoms with Gasteiger partial charge in [-0.1, -0.05) is 55.8 Å². The number of hydrogen-bond acceptors (Lipinski definition) is 1. The molecular weight excluding hydrogens is 258 g/mol. The molecular formula is C19H23NO. The monoisotopic (exact) mass is 281 g/mol. The molecule has 0 saturated heterocycles. The summed E-state index contributed by atoms with van der Waals surface area (Å²) in [5.74, 6) is 0.101. The summed E-state index contributed by atoms with van der Waals surface area (Å²) in [5, 5.41) is 0. The van der Waals surface area contributed by atoms with Crippen LogP contribution in [-0.2, 0) is 12.8 Å². The average molecular weight is 281 g/mol. The number of rotatable bonds is 6. The smallest absolute Gasteiger partial charge is 0.253 e. The van der Waals surface area contributed by atoms with E-state index in [9.17, 15) is 4.79 Å². The van der Waals surface area contributed by atoms with Gasteiger partial charge in [-0.25, -0.2) is 0 Å². The van der Waals surface area contributed by atoms with Crippen molar-refractivity contribution in [3.63, 3.8) is 0 Å². The zero-order valence-corrected chi connectivity index (χ0v) is 12.9. The van der Waals surface area contributed by atoms with Crippen LogP contribution in [0.15, 0.2) is 54.6 Å². The molecule has 0 bridgehead atoms. The number of benzene rings is 2. The Balaban J connectivity index is 1.97. The molecule has 0 aliphatic rings. The summed E-state index contributed by atoms with van der Waals surface area (Å²) in [4.78, 5) is 14.3. The van der Waals surface area contributed by atoms with Crippen LogP contribution in [0.5, 0.6) is 0 Å². The van der Waals surface area contributed by atoms with Gasteiger partial charge in [-0.3, -0.25) is 4.79 Å². The lowest BCUT2D eigenvalue weighted by atomic mass is 10.1. The van der Waals surface area contributed by atoms with Crippen LogP contribution in [0.3, 0.4) is 0 Å². The maximum absolute atomic E-state index is 12.4. The molecule has 0 heterocycles. The number of carbonyl (C=O) groups excluding carboxylic acids is 1. The van der Waals surface area contributed by atoms with Crippen LogP contribution in [0.4, 0.5) is 0 Å². The SMILES string of the molecule is CCCc1cccc(C(=O)N(C)CCc2ccccc2)c1. The van der Waals surface area contributed by atoms with Crippen molar-refractivity contribution in [2.45, 2.75) is 26.2 Å². The zero-order chi connectivity index (χ0) is 15.1. The van der Waals surface area contributed by atoms with Gasteiger partial charge in [-0.15, -0.1) is 0 Å². The molecule has 0 spiro atoms. The van der Waals surface area contributed by atoms with Crippen LogP contribution in [0.1, 0.15) is 34.8 Å². The Hall–Kier alpha value is -2.09. The first kappa shape index (κ1) is 15.3. The molecule has 0 unspecified atom stereocenters. The van der Waals surface area contributed by atoms with Gasteiger partial charge in [0.15, 0.2) is 0 Å². The maximum Gasteiger partial charge on any atom is 0.253 e. The molecule has 2 rings (SSSR count). The van der Waals surface area contributed by atoms with Gasteiger partial charge in [0.2, 0.25) is 0 Å². The Morgan fingerprint density at radius 3 is 2.38 bits per heavy atom. The minimum absolute atomic E-state index is 0.101. The van der Waals surface area contributed by atoms with Crippen LogP contribution in [-0.4, -0.2) is 24.4 Å². The van der Waals surface area contributed by atoms with Crippen molar-refractivity contribution in [2.75, 3.05) is 13.6 Å². The first-order valence-corrected chi connectivity index (χ1v) is 7.59. The van der Waals surface area contributed by atoms with Crippen molar-refractivity contribution in [1.82, 2.24) is 4.90 Å². The lowest BCUT2D eigenvalue weighted by molar-refractivity contribution is 0.0796. The van der Waals surface area contributed by atoms with Crippen LogP contribution in [0.25, 0.3) is 0 Å². The van der Waals surface area contributed by atoms with E-state index >= 15 is 0 Å². The summed E-state index contributed by atoms with van der Waals surface area (Å²) < 4.78 is 0. The zero-order valence-electron chi connectivity index (χ0n) is 12.9. The Kier molecular flexibility index (Phi) is 5.56. The second-order valence-electron chi connectivity index (χ2n) is 5.41. The second-order valence-corrected chi connectivity index (χ2v) is 5.41. The molecule has 0 saturated carbocycles. The number of likely N-dealkylation sites (N-methyl/N-ethyl adjacent to an activating group) is 1. The second kappa shape index (κ2) is 7.63. The third-order valence-corrected chi connectivity index (χ3v) is 3.64. The third kappa shape index (κ3) is 4.45. The lowest BCUT2D eigenvalue weighted by Crippen LogP contribution is -2.28. The van der Waals surface area contributed by atoms with Crippen LogP contribution >= 0.6 is 0 Å². The summed E-state index contributed by atoms with van der Waals surface area (Å²) in [6, 6.07) is 18.3. The van der Waals surface area contributed by atoms with Gasteiger partial charge in [0, 0.05) is 19.2 Å². The highest BCUT2D eigenvalue weighted by atomic mass is 16.2. The van der Waals surface area contributed by atoms with Crippen molar-refractivity contribution in [1.29, 1.82) is 0 Å². The number of aryl methyl sites for hydroxylation is 1. The standard InChI is InChI=1S/C19H23NO/c1-3-8-17-11-7-12-18(15-17)19(21)20(2)14-13-16-9-5-4-6-10-16/h4-7,9-12,15H,3,8,13-14H2,1-2H3. The summed E-state index contributed by atoms with van der Waals surface area (Å²) in [7, 11) is 1.87. The highest BCUT2D eigenvalue weighted by Gasteiger charge is 2.11. The van der Waals surface area contributed by atoms with E-state index in [2.05, 4.69) is 25.1 Å². The van der Waals surface area contributed by atoms with Crippen molar-refractivity contribution >= 4 is 5.91 Å². The molecule has 2 nitrogen and oxygen atoms in total. The highest BCUT2D eigenvalue weighted by Crippen LogP contribution is 2.10. The van der Waals surface area contributed by atoms with Crippen molar-refractivity contribution in [2.24, 2.45) is 0 Å². The molecule has 0 fully saturated rings.